The summed E-state index contributed by atoms with van der Waals surface area (Å²) in [6.45, 7) is 5.80. The second kappa shape index (κ2) is 5.83. The summed E-state index contributed by atoms with van der Waals surface area (Å²) in [7, 11) is 0. The van der Waals surface area contributed by atoms with E-state index in [1.807, 2.05) is 13.8 Å². The van der Waals surface area contributed by atoms with E-state index < -0.39 is 17.3 Å². The first-order valence-electron chi connectivity index (χ1n) is 7.41. The van der Waals surface area contributed by atoms with Crippen molar-refractivity contribution in [2.45, 2.75) is 44.0 Å². The van der Waals surface area contributed by atoms with Gasteiger partial charge in [0.25, 0.3) is 0 Å². The van der Waals surface area contributed by atoms with E-state index in [-0.39, 0.29) is 5.54 Å². The van der Waals surface area contributed by atoms with Crippen molar-refractivity contribution in [3.05, 3.63) is 35.4 Å². The predicted octanol–water partition coefficient (Wildman–Crippen LogP) is 2.73. The molecule has 0 unspecified atom stereocenters. The highest BCUT2D eigenvalue weighted by molar-refractivity contribution is 5.30. The first kappa shape index (κ1) is 17.2. The van der Waals surface area contributed by atoms with Crippen LogP contribution < -0.4 is 5.73 Å². The van der Waals surface area contributed by atoms with Gasteiger partial charge in [0.2, 0.25) is 0 Å². The third kappa shape index (κ3) is 4.21. The lowest BCUT2D eigenvalue weighted by atomic mass is 9.83. The Hall–Kier alpha value is -1.11. The Labute approximate surface area is 128 Å². The molecule has 1 aliphatic heterocycles. The van der Waals surface area contributed by atoms with Gasteiger partial charge < -0.3 is 15.7 Å². The van der Waals surface area contributed by atoms with E-state index in [4.69, 9.17) is 5.73 Å². The van der Waals surface area contributed by atoms with Crippen LogP contribution in [0.15, 0.2) is 24.3 Å². The van der Waals surface area contributed by atoms with Crippen LogP contribution in [0.5, 0.6) is 0 Å². The van der Waals surface area contributed by atoms with Crippen LogP contribution in [0.25, 0.3) is 0 Å². The van der Waals surface area contributed by atoms with Crippen LogP contribution in [0.3, 0.4) is 0 Å². The van der Waals surface area contributed by atoms with Gasteiger partial charge >= 0.3 is 6.18 Å². The molecule has 0 atom stereocenters. The molecule has 2 rings (SSSR count). The number of alkyl halides is 3. The third-order valence-electron chi connectivity index (χ3n) is 4.04. The van der Waals surface area contributed by atoms with E-state index in [0.717, 1.165) is 12.1 Å². The lowest BCUT2D eigenvalue weighted by molar-refractivity contribution is -0.137. The summed E-state index contributed by atoms with van der Waals surface area (Å²) in [5.41, 5.74) is 4.08. The quantitative estimate of drug-likeness (QED) is 0.901. The standard InChI is InChI=1S/C16H23F3N2O/c1-14(2,20)11-21-8-6-15(22,7-9-21)12-4-3-5-13(10-12)16(17,18)19/h3-5,10,22H,6-9,11,20H2,1-2H3. The van der Waals surface area contributed by atoms with Gasteiger partial charge in [0.05, 0.1) is 11.2 Å². The molecular weight excluding hydrogens is 293 g/mol. The van der Waals surface area contributed by atoms with Crippen molar-refractivity contribution >= 4 is 0 Å². The van der Waals surface area contributed by atoms with Gasteiger partial charge in [-0.05, 0) is 44.4 Å². The number of rotatable bonds is 3. The Morgan fingerprint density at radius 2 is 1.82 bits per heavy atom. The maximum absolute atomic E-state index is 12.8. The summed E-state index contributed by atoms with van der Waals surface area (Å²) in [6.07, 6.45) is -3.58. The normalized spacial score (nSPS) is 20.1. The minimum atomic E-state index is -4.39. The fraction of sp³-hybridized carbons (Fsp3) is 0.625. The van der Waals surface area contributed by atoms with E-state index in [2.05, 4.69) is 4.90 Å². The highest BCUT2D eigenvalue weighted by Crippen LogP contribution is 2.36. The third-order valence-corrected chi connectivity index (χ3v) is 4.04. The van der Waals surface area contributed by atoms with Gasteiger partial charge in [0.15, 0.2) is 0 Å². The average Bonchev–Trinajstić information content (AvgIpc) is 2.39. The Bertz CT molecular complexity index is 515. The lowest BCUT2D eigenvalue weighted by Gasteiger charge is -2.40. The number of nitrogens with zero attached hydrogens (tertiary/aromatic N) is 1. The average molecular weight is 316 g/mol. The first-order valence-corrected chi connectivity index (χ1v) is 7.41. The topological polar surface area (TPSA) is 49.5 Å². The number of piperidine rings is 1. The number of hydrogen-bond acceptors (Lipinski definition) is 3. The Balaban J connectivity index is 2.11. The van der Waals surface area contributed by atoms with Crippen LogP contribution in [0.4, 0.5) is 13.2 Å². The summed E-state index contributed by atoms with van der Waals surface area (Å²) < 4.78 is 38.4. The van der Waals surface area contributed by atoms with E-state index in [9.17, 15) is 18.3 Å². The van der Waals surface area contributed by atoms with E-state index >= 15 is 0 Å². The molecule has 0 radical (unpaired) electrons. The van der Waals surface area contributed by atoms with Crippen molar-refractivity contribution < 1.29 is 18.3 Å². The molecule has 3 nitrogen and oxygen atoms in total. The number of hydrogen-bond donors (Lipinski definition) is 2. The Morgan fingerprint density at radius 3 is 2.32 bits per heavy atom. The molecule has 0 spiro atoms. The maximum atomic E-state index is 12.8. The summed E-state index contributed by atoms with van der Waals surface area (Å²) in [5.74, 6) is 0. The number of nitrogens with two attached hydrogens (primary N) is 1. The van der Waals surface area contributed by atoms with Crippen LogP contribution in [-0.2, 0) is 11.8 Å². The van der Waals surface area contributed by atoms with Crippen LogP contribution in [-0.4, -0.2) is 35.2 Å². The van der Waals surface area contributed by atoms with Gasteiger partial charge in [-0.15, -0.1) is 0 Å². The highest BCUT2D eigenvalue weighted by Gasteiger charge is 2.37. The van der Waals surface area contributed by atoms with Gasteiger partial charge in [0, 0.05) is 25.2 Å². The highest BCUT2D eigenvalue weighted by atomic mass is 19.4. The van der Waals surface area contributed by atoms with Gasteiger partial charge in [-0.3, -0.25) is 0 Å². The molecule has 1 heterocycles. The first-order chi connectivity index (χ1) is 10.00. The SMILES string of the molecule is CC(C)(N)CN1CCC(O)(c2cccc(C(F)(F)F)c2)CC1. The Kier molecular flexibility index (Phi) is 4.57. The summed E-state index contributed by atoms with van der Waals surface area (Å²) in [5, 5.41) is 10.7. The minimum Gasteiger partial charge on any atom is -0.385 e. The zero-order valence-corrected chi connectivity index (χ0v) is 13.0. The lowest BCUT2D eigenvalue weighted by Crippen LogP contribution is -2.50. The van der Waals surface area contributed by atoms with Crippen molar-refractivity contribution in [3.8, 4) is 0 Å². The maximum Gasteiger partial charge on any atom is 0.416 e. The van der Waals surface area contributed by atoms with Crippen molar-refractivity contribution in [1.82, 2.24) is 4.90 Å². The second-order valence-electron chi connectivity index (χ2n) is 6.87. The molecule has 0 aromatic heterocycles. The van der Waals surface area contributed by atoms with E-state index in [0.29, 0.717) is 38.0 Å². The molecule has 124 valence electrons. The fourth-order valence-electron chi connectivity index (χ4n) is 2.93. The van der Waals surface area contributed by atoms with Gasteiger partial charge in [-0.1, -0.05) is 12.1 Å². The number of aliphatic hydroxyl groups is 1. The molecule has 1 aromatic carbocycles. The molecule has 1 saturated heterocycles. The second-order valence-corrected chi connectivity index (χ2v) is 6.87. The largest absolute Gasteiger partial charge is 0.416 e. The minimum absolute atomic E-state index is 0.328. The van der Waals surface area contributed by atoms with E-state index in [1.54, 1.807) is 6.07 Å². The van der Waals surface area contributed by atoms with Crippen molar-refractivity contribution in [1.29, 1.82) is 0 Å². The van der Waals surface area contributed by atoms with Crippen molar-refractivity contribution in [2.75, 3.05) is 19.6 Å². The van der Waals surface area contributed by atoms with Crippen LogP contribution in [0.2, 0.25) is 0 Å². The monoisotopic (exact) mass is 316 g/mol. The molecule has 3 N–H and O–H groups in total. The molecule has 0 aliphatic carbocycles. The number of likely N-dealkylation sites (tertiary alicyclic amines) is 1. The predicted molar refractivity (Wildman–Crippen MR) is 79.3 cm³/mol. The molecule has 0 saturated carbocycles. The molecular formula is C16H23F3N2O. The number of halogens is 3. The molecule has 6 heteroatoms. The summed E-state index contributed by atoms with van der Waals surface area (Å²) >= 11 is 0. The molecule has 1 aliphatic rings. The zero-order chi connectivity index (χ0) is 16.6. The van der Waals surface area contributed by atoms with Gasteiger partial charge in [-0.25, -0.2) is 0 Å². The molecule has 1 aromatic rings. The molecule has 0 amide bonds. The summed E-state index contributed by atoms with van der Waals surface area (Å²) in [6, 6.07) is 5.00. The Morgan fingerprint density at radius 1 is 1.23 bits per heavy atom. The van der Waals surface area contributed by atoms with Crippen LogP contribution in [0.1, 0.15) is 37.8 Å². The van der Waals surface area contributed by atoms with Crippen LogP contribution >= 0.6 is 0 Å². The van der Waals surface area contributed by atoms with E-state index in [1.165, 1.54) is 6.07 Å². The van der Waals surface area contributed by atoms with Gasteiger partial charge in [-0.2, -0.15) is 13.2 Å². The summed E-state index contributed by atoms with van der Waals surface area (Å²) in [4.78, 5) is 2.14. The zero-order valence-electron chi connectivity index (χ0n) is 13.0. The smallest absolute Gasteiger partial charge is 0.385 e. The van der Waals surface area contributed by atoms with Gasteiger partial charge in [0.1, 0.15) is 0 Å². The molecule has 0 bridgehead atoms. The fourth-order valence-corrected chi connectivity index (χ4v) is 2.93. The van der Waals surface area contributed by atoms with Crippen LogP contribution in [0, 0.1) is 0 Å². The molecule has 22 heavy (non-hydrogen) atoms. The number of benzene rings is 1. The molecule has 1 fully saturated rings. The van der Waals surface area contributed by atoms with Crippen molar-refractivity contribution in [2.24, 2.45) is 5.73 Å². The van der Waals surface area contributed by atoms with Crippen molar-refractivity contribution in [3.63, 3.8) is 0 Å².